The number of fused-ring (bicyclic) bond motifs is 1. The molecule has 8 nitrogen and oxygen atoms in total. The van der Waals surface area contributed by atoms with Gasteiger partial charge in [-0.25, -0.2) is 9.61 Å². The highest BCUT2D eigenvalue weighted by atomic mass is 35.5. The summed E-state index contributed by atoms with van der Waals surface area (Å²) in [5, 5.41) is 15.9. The molecule has 4 aromatic rings. The zero-order valence-corrected chi connectivity index (χ0v) is 17.0. The Morgan fingerprint density at radius 3 is 2.41 bits per heavy atom. The summed E-state index contributed by atoms with van der Waals surface area (Å²) in [6.07, 6.45) is 1.56. The predicted octanol–water partition coefficient (Wildman–Crippen LogP) is 5.13. The number of rotatable bonds is 5. The summed E-state index contributed by atoms with van der Waals surface area (Å²) >= 11 is 12.1. The van der Waals surface area contributed by atoms with Crippen molar-refractivity contribution in [2.45, 2.75) is 13.8 Å². The Morgan fingerprint density at radius 1 is 0.931 bits per heavy atom. The molecule has 0 spiro atoms. The molecule has 0 aliphatic rings. The number of aromatic nitrogens is 4. The van der Waals surface area contributed by atoms with Gasteiger partial charge in [-0.3, -0.25) is 5.43 Å². The molecule has 2 heterocycles. The second kappa shape index (κ2) is 8.02. The molecule has 4 rings (SSSR count). The molecule has 0 atom stereocenters. The van der Waals surface area contributed by atoms with Crippen LogP contribution in [0, 0.1) is 13.8 Å². The van der Waals surface area contributed by atoms with Gasteiger partial charge in [-0.1, -0.05) is 35.3 Å². The van der Waals surface area contributed by atoms with Crippen molar-refractivity contribution in [3.8, 4) is 0 Å². The number of hydrogen-bond acceptors (Lipinski definition) is 8. The highest BCUT2D eigenvalue weighted by Gasteiger charge is 2.13. The van der Waals surface area contributed by atoms with E-state index in [9.17, 15) is 0 Å². The van der Waals surface area contributed by atoms with Crippen LogP contribution in [0.25, 0.3) is 11.3 Å². The first-order chi connectivity index (χ1) is 14.0. The maximum absolute atomic E-state index is 6.17. The average molecular weight is 428 g/mol. The third-order valence-corrected chi connectivity index (χ3v) is 4.78. The monoisotopic (exact) mass is 427 g/mol. The molecule has 10 heteroatoms. The summed E-state index contributed by atoms with van der Waals surface area (Å²) in [4.78, 5) is 8.78. The summed E-state index contributed by atoms with van der Waals surface area (Å²) in [7, 11) is 0. The molecule has 0 amide bonds. The number of hydrazone groups is 1. The van der Waals surface area contributed by atoms with Gasteiger partial charge in [-0.05, 0) is 59.6 Å². The van der Waals surface area contributed by atoms with Gasteiger partial charge >= 0.3 is 0 Å². The molecule has 2 aromatic heterocycles. The van der Waals surface area contributed by atoms with Gasteiger partial charge in [0.15, 0.2) is 11.6 Å². The summed E-state index contributed by atoms with van der Waals surface area (Å²) < 4.78 is 4.71. The van der Waals surface area contributed by atoms with Gasteiger partial charge in [-0.15, -0.1) is 0 Å². The fourth-order valence-electron chi connectivity index (χ4n) is 2.53. The molecule has 146 valence electrons. The van der Waals surface area contributed by atoms with Crippen molar-refractivity contribution in [1.29, 1.82) is 0 Å². The first-order valence-electron chi connectivity index (χ1n) is 8.58. The molecule has 0 aliphatic carbocycles. The zero-order valence-electron chi connectivity index (χ0n) is 15.4. The van der Waals surface area contributed by atoms with Crippen LogP contribution in [0.2, 0.25) is 10.0 Å². The number of halogens is 2. The fraction of sp³-hybridized carbons (Fsp3) is 0.105. The largest absolute Gasteiger partial charge is 0.337 e. The summed E-state index contributed by atoms with van der Waals surface area (Å²) in [5.74, 6) is 0.781. The van der Waals surface area contributed by atoms with Crippen molar-refractivity contribution in [2.75, 3.05) is 10.7 Å². The van der Waals surface area contributed by atoms with E-state index in [1.165, 1.54) is 5.56 Å². The Bertz CT molecular complexity index is 1220. The maximum atomic E-state index is 6.17. The topological polar surface area (TPSA) is 101 Å². The quantitative estimate of drug-likeness (QED) is 0.336. The van der Waals surface area contributed by atoms with Gasteiger partial charge in [0.2, 0.25) is 11.3 Å². The van der Waals surface area contributed by atoms with E-state index in [1.54, 1.807) is 24.4 Å². The van der Waals surface area contributed by atoms with E-state index in [-0.39, 0.29) is 11.3 Å². The van der Waals surface area contributed by atoms with Crippen molar-refractivity contribution in [3.05, 3.63) is 63.1 Å². The lowest BCUT2D eigenvalue weighted by Crippen LogP contribution is -2.03. The first-order valence-corrected chi connectivity index (χ1v) is 9.34. The molecule has 0 bridgehead atoms. The highest BCUT2D eigenvalue weighted by molar-refractivity contribution is 6.36. The number of nitrogens with one attached hydrogen (secondary N) is 2. The summed E-state index contributed by atoms with van der Waals surface area (Å²) in [5.41, 5.74) is 7.31. The molecule has 2 N–H and O–H groups in total. The first kappa shape index (κ1) is 19.1. The van der Waals surface area contributed by atoms with Crippen molar-refractivity contribution >= 4 is 58.0 Å². The van der Waals surface area contributed by atoms with Crippen LogP contribution in [0.4, 0.5) is 17.3 Å². The Hall–Kier alpha value is -3.23. The number of aryl methyl sites for hydroxylation is 2. The number of hydrogen-bond donors (Lipinski definition) is 2. The van der Waals surface area contributed by atoms with E-state index in [0.717, 1.165) is 11.3 Å². The van der Waals surface area contributed by atoms with Crippen LogP contribution in [0.3, 0.4) is 0 Å². The number of anilines is 3. The van der Waals surface area contributed by atoms with Crippen LogP contribution < -0.4 is 10.7 Å². The molecule has 0 fully saturated rings. The summed E-state index contributed by atoms with van der Waals surface area (Å²) in [6.45, 7) is 4.09. The van der Waals surface area contributed by atoms with Gasteiger partial charge in [-0.2, -0.15) is 10.1 Å². The van der Waals surface area contributed by atoms with Crippen molar-refractivity contribution in [1.82, 2.24) is 20.3 Å². The van der Waals surface area contributed by atoms with Crippen molar-refractivity contribution < 1.29 is 4.63 Å². The molecular weight excluding hydrogens is 413 g/mol. The van der Waals surface area contributed by atoms with Crippen LogP contribution in [-0.2, 0) is 0 Å². The minimum Gasteiger partial charge on any atom is -0.337 e. The Morgan fingerprint density at radius 2 is 1.69 bits per heavy atom. The minimum absolute atomic E-state index is 0.262. The van der Waals surface area contributed by atoms with Crippen molar-refractivity contribution in [3.63, 3.8) is 0 Å². The second-order valence-electron chi connectivity index (χ2n) is 6.29. The Labute approximate surface area is 175 Å². The molecule has 0 unspecified atom stereocenters. The van der Waals surface area contributed by atoms with Crippen LogP contribution in [0.5, 0.6) is 0 Å². The third-order valence-electron chi connectivity index (χ3n) is 4.22. The lowest BCUT2D eigenvalue weighted by Gasteiger charge is -2.10. The van der Waals surface area contributed by atoms with Gasteiger partial charge < -0.3 is 5.32 Å². The van der Waals surface area contributed by atoms with E-state index in [0.29, 0.717) is 27.2 Å². The standard InChI is InChI=1S/C19H15Cl2N7O/c1-10-3-6-14(7-11(10)2)23-16-17(25-19-18(24-16)27-29-28-19)26-22-9-12-4-5-13(20)8-15(12)21/h3-9H,1-2H3,(H,23,24,27)(H,25,26,28). The normalized spacial score (nSPS) is 11.3. The fourth-order valence-corrected chi connectivity index (χ4v) is 2.99. The maximum Gasteiger partial charge on any atom is 0.245 e. The SMILES string of the molecule is Cc1ccc(Nc2nc3nonc3nc2NN=Cc2ccc(Cl)cc2Cl)cc1C. The van der Waals surface area contributed by atoms with E-state index < -0.39 is 0 Å². The van der Waals surface area contributed by atoms with E-state index in [1.807, 2.05) is 25.1 Å². The molecule has 0 radical (unpaired) electrons. The van der Waals surface area contributed by atoms with Crippen LogP contribution in [0.1, 0.15) is 16.7 Å². The molecule has 0 saturated heterocycles. The van der Waals surface area contributed by atoms with E-state index in [4.69, 9.17) is 27.8 Å². The Kier molecular flexibility index (Phi) is 5.28. The molecule has 0 saturated carbocycles. The van der Waals surface area contributed by atoms with E-state index in [2.05, 4.69) is 43.0 Å². The smallest absolute Gasteiger partial charge is 0.245 e. The number of benzene rings is 2. The predicted molar refractivity (Wildman–Crippen MR) is 114 cm³/mol. The third kappa shape index (κ3) is 4.28. The lowest BCUT2D eigenvalue weighted by atomic mass is 10.1. The Balaban J connectivity index is 1.64. The highest BCUT2D eigenvalue weighted by Crippen LogP contribution is 2.25. The van der Waals surface area contributed by atoms with Gasteiger partial charge in [0.25, 0.3) is 0 Å². The molecular formula is C19H15Cl2N7O. The lowest BCUT2D eigenvalue weighted by molar-refractivity contribution is 0.314. The number of nitrogens with zero attached hydrogens (tertiary/aromatic N) is 5. The minimum atomic E-state index is 0.262. The van der Waals surface area contributed by atoms with E-state index >= 15 is 0 Å². The molecule has 2 aromatic carbocycles. The van der Waals surface area contributed by atoms with Gasteiger partial charge in [0.05, 0.1) is 11.2 Å². The zero-order chi connectivity index (χ0) is 20.4. The van der Waals surface area contributed by atoms with Gasteiger partial charge in [0.1, 0.15) is 0 Å². The average Bonchev–Trinajstić information content (AvgIpc) is 3.14. The van der Waals surface area contributed by atoms with Crippen LogP contribution in [-0.4, -0.2) is 26.5 Å². The van der Waals surface area contributed by atoms with Crippen LogP contribution in [0.15, 0.2) is 46.1 Å². The second-order valence-corrected chi connectivity index (χ2v) is 7.14. The molecule has 0 aliphatic heterocycles. The molecule has 29 heavy (non-hydrogen) atoms. The van der Waals surface area contributed by atoms with Crippen molar-refractivity contribution in [2.24, 2.45) is 5.10 Å². The summed E-state index contributed by atoms with van der Waals surface area (Å²) in [6, 6.07) is 11.1. The van der Waals surface area contributed by atoms with Crippen LogP contribution >= 0.6 is 23.2 Å². The van der Waals surface area contributed by atoms with Gasteiger partial charge in [0, 0.05) is 16.3 Å².